The molecule has 16 heavy (non-hydrogen) atoms. The van der Waals surface area contributed by atoms with Crippen molar-refractivity contribution >= 4 is 5.97 Å². The number of esters is 1. The minimum absolute atomic E-state index is 0.0769. The van der Waals surface area contributed by atoms with E-state index >= 15 is 0 Å². The fourth-order valence-electron chi connectivity index (χ4n) is 1.43. The highest BCUT2D eigenvalue weighted by Crippen LogP contribution is 2.17. The zero-order valence-corrected chi connectivity index (χ0v) is 9.21. The SMILES string of the molecule is CCOC(=O)c1cc(F)c(CC)c(C#N)c1. The molecule has 84 valence electrons. The average molecular weight is 221 g/mol. The molecule has 0 N–H and O–H groups in total. The molecule has 3 nitrogen and oxygen atoms in total. The Labute approximate surface area is 93.5 Å². The molecule has 1 rings (SSSR count). The molecule has 1 aromatic rings. The Kier molecular flexibility index (Phi) is 4.01. The Morgan fingerprint density at radius 2 is 2.19 bits per heavy atom. The number of hydrogen-bond donors (Lipinski definition) is 0. The number of hydrogen-bond acceptors (Lipinski definition) is 3. The van der Waals surface area contributed by atoms with Gasteiger partial charge in [0.05, 0.1) is 23.8 Å². The molecule has 0 radical (unpaired) electrons. The number of carbonyl (C=O) groups is 1. The molecule has 0 spiro atoms. The summed E-state index contributed by atoms with van der Waals surface area (Å²) in [7, 11) is 0. The third-order valence-electron chi connectivity index (χ3n) is 2.18. The van der Waals surface area contributed by atoms with Crippen LogP contribution in [0.25, 0.3) is 0 Å². The Bertz CT molecular complexity index is 449. The van der Waals surface area contributed by atoms with Gasteiger partial charge in [0.25, 0.3) is 0 Å². The molecule has 4 heteroatoms. The van der Waals surface area contributed by atoms with Crippen LogP contribution in [0.15, 0.2) is 12.1 Å². The van der Waals surface area contributed by atoms with Crippen molar-refractivity contribution in [3.63, 3.8) is 0 Å². The molecule has 0 heterocycles. The smallest absolute Gasteiger partial charge is 0.338 e. The first-order chi connectivity index (χ1) is 7.63. The lowest BCUT2D eigenvalue weighted by Crippen LogP contribution is -2.07. The fourth-order valence-corrected chi connectivity index (χ4v) is 1.43. The van der Waals surface area contributed by atoms with E-state index in [2.05, 4.69) is 0 Å². The van der Waals surface area contributed by atoms with Gasteiger partial charge in [0, 0.05) is 5.56 Å². The van der Waals surface area contributed by atoms with E-state index in [-0.39, 0.29) is 17.7 Å². The molecule has 0 aromatic heterocycles. The zero-order valence-electron chi connectivity index (χ0n) is 9.21. The molecule has 0 saturated carbocycles. The van der Waals surface area contributed by atoms with Crippen molar-refractivity contribution in [1.82, 2.24) is 0 Å². The molecular weight excluding hydrogens is 209 g/mol. The number of halogens is 1. The van der Waals surface area contributed by atoms with Crippen LogP contribution in [0.1, 0.15) is 35.3 Å². The van der Waals surface area contributed by atoms with Crippen LogP contribution in [0.3, 0.4) is 0 Å². The van der Waals surface area contributed by atoms with Crippen molar-refractivity contribution in [3.8, 4) is 6.07 Å². The van der Waals surface area contributed by atoms with Gasteiger partial charge in [-0.2, -0.15) is 5.26 Å². The van der Waals surface area contributed by atoms with Gasteiger partial charge in [-0.25, -0.2) is 9.18 Å². The summed E-state index contributed by atoms with van der Waals surface area (Å²) in [5, 5.41) is 8.84. The molecule has 0 bridgehead atoms. The first-order valence-corrected chi connectivity index (χ1v) is 5.03. The van der Waals surface area contributed by atoms with E-state index in [0.29, 0.717) is 12.0 Å². The second-order valence-corrected chi connectivity index (χ2v) is 3.17. The average Bonchev–Trinajstić information content (AvgIpc) is 2.28. The lowest BCUT2D eigenvalue weighted by atomic mass is 10.0. The molecule has 0 fully saturated rings. The number of benzene rings is 1. The van der Waals surface area contributed by atoms with Crippen LogP contribution in [0.5, 0.6) is 0 Å². The summed E-state index contributed by atoms with van der Waals surface area (Å²) in [4.78, 5) is 11.4. The number of rotatable bonds is 3. The number of nitriles is 1. The molecule has 0 saturated heterocycles. The van der Waals surface area contributed by atoms with Crippen molar-refractivity contribution in [2.45, 2.75) is 20.3 Å². The summed E-state index contributed by atoms with van der Waals surface area (Å²) in [6.45, 7) is 3.64. The van der Waals surface area contributed by atoms with Gasteiger partial charge in [-0.1, -0.05) is 6.92 Å². The molecule has 0 amide bonds. The minimum Gasteiger partial charge on any atom is -0.462 e. The van der Waals surface area contributed by atoms with Crippen LogP contribution >= 0.6 is 0 Å². The third kappa shape index (κ3) is 2.37. The quantitative estimate of drug-likeness (QED) is 0.736. The van der Waals surface area contributed by atoms with E-state index in [0.717, 1.165) is 6.07 Å². The van der Waals surface area contributed by atoms with Gasteiger partial charge in [-0.05, 0) is 25.5 Å². The lowest BCUT2D eigenvalue weighted by molar-refractivity contribution is 0.0525. The summed E-state index contributed by atoms with van der Waals surface area (Å²) in [6.07, 6.45) is 0.415. The Morgan fingerprint density at radius 1 is 1.50 bits per heavy atom. The van der Waals surface area contributed by atoms with E-state index in [1.54, 1.807) is 13.8 Å². The molecule has 1 aromatic carbocycles. The van der Waals surface area contributed by atoms with E-state index in [4.69, 9.17) is 10.00 Å². The standard InChI is InChI=1S/C12H12FNO2/c1-3-10-9(7-14)5-8(6-11(10)13)12(15)16-4-2/h5-6H,3-4H2,1-2H3. The van der Waals surface area contributed by atoms with Gasteiger partial charge >= 0.3 is 5.97 Å². The second kappa shape index (κ2) is 5.26. The van der Waals surface area contributed by atoms with E-state index in [9.17, 15) is 9.18 Å². The molecule has 0 aliphatic heterocycles. The first-order valence-electron chi connectivity index (χ1n) is 5.03. The topological polar surface area (TPSA) is 50.1 Å². The molecule has 0 aliphatic rings. The summed E-state index contributed by atoms with van der Waals surface area (Å²) in [5.74, 6) is -1.15. The zero-order chi connectivity index (χ0) is 12.1. The Morgan fingerprint density at radius 3 is 2.69 bits per heavy atom. The highest BCUT2D eigenvalue weighted by Gasteiger charge is 2.14. The van der Waals surface area contributed by atoms with Crippen molar-refractivity contribution < 1.29 is 13.9 Å². The van der Waals surface area contributed by atoms with E-state index < -0.39 is 11.8 Å². The normalized spacial score (nSPS) is 9.62. The van der Waals surface area contributed by atoms with Gasteiger partial charge < -0.3 is 4.74 Å². The maximum Gasteiger partial charge on any atom is 0.338 e. The van der Waals surface area contributed by atoms with Gasteiger partial charge in [0.1, 0.15) is 5.82 Å². The Hall–Kier alpha value is -1.89. The highest BCUT2D eigenvalue weighted by molar-refractivity contribution is 5.90. The summed E-state index contributed by atoms with van der Waals surface area (Å²) < 4.78 is 18.3. The highest BCUT2D eigenvalue weighted by atomic mass is 19.1. The van der Waals surface area contributed by atoms with Crippen molar-refractivity contribution in [2.75, 3.05) is 6.61 Å². The van der Waals surface area contributed by atoms with Gasteiger partial charge in [-0.3, -0.25) is 0 Å². The predicted octanol–water partition coefficient (Wildman–Crippen LogP) is 2.44. The predicted molar refractivity (Wildman–Crippen MR) is 56.4 cm³/mol. The molecular formula is C12H12FNO2. The van der Waals surface area contributed by atoms with Crippen LogP contribution in [0, 0.1) is 17.1 Å². The minimum atomic E-state index is -0.611. The van der Waals surface area contributed by atoms with Crippen LogP contribution in [-0.4, -0.2) is 12.6 Å². The number of nitrogens with zero attached hydrogens (tertiary/aromatic N) is 1. The van der Waals surface area contributed by atoms with Crippen LogP contribution < -0.4 is 0 Å². The van der Waals surface area contributed by atoms with Crippen molar-refractivity contribution in [2.24, 2.45) is 0 Å². The third-order valence-corrected chi connectivity index (χ3v) is 2.18. The van der Waals surface area contributed by atoms with Gasteiger partial charge in [0.2, 0.25) is 0 Å². The van der Waals surface area contributed by atoms with Crippen LogP contribution in [-0.2, 0) is 11.2 Å². The van der Waals surface area contributed by atoms with Crippen molar-refractivity contribution in [1.29, 1.82) is 5.26 Å². The molecule has 0 unspecified atom stereocenters. The fraction of sp³-hybridized carbons (Fsp3) is 0.333. The molecule has 0 atom stereocenters. The monoisotopic (exact) mass is 221 g/mol. The lowest BCUT2D eigenvalue weighted by Gasteiger charge is -2.06. The second-order valence-electron chi connectivity index (χ2n) is 3.17. The van der Waals surface area contributed by atoms with E-state index in [1.165, 1.54) is 6.07 Å². The summed E-state index contributed by atoms with van der Waals surface area (Å²) in [6, 6.07) is 4.35. The van der Waals surface area contributed by atoms with Crippen molar-refractivity contribution in [3.05, 3.63) is 34.6 Å². The Balaban J connectivity index is 3.21. The molecule has 0 aliphatic carbocycles. The largest absolute Gasteiger partial charge is 0.462 e. The first kappa shape index (κ1) is 12.2. The maximum absolute atomic E-state index is 13.5. The van der Waals surface area contributed by atoms with E-state index in [1.807, 2.05) is 6.07 Å². The summed E-state index contributed by atoms with van der Waals surface area (Å²) in [5.41, 5.74) is 0.592. The van der Waals surface area contributed by atoms with Gasteiger partial charge in [0.15, 0.2) is 0 Å². The number of ether oxygens (including phenoxy) is 1. The number of carbonyl (C=O) groups excluding carboxylic acids is 1. The van der Waals surface area contributed by atoms with Gasteiger partial charge in [-0.15, -0.1) is 0 Å². The van der Waals surface area contributed by atoms with Crippen LogP contribution in [0.4, 0.5) is 4.39 Å². The van der Waals surface area contributed by atoms with Crippen LogP contribution in [0.2, 0.25) is 0 Å². The summed E-state index contributed by atoms with van der Waals surface area (Å²) >= 11 is 0. The maximum atomic E-state index is 13.5.